The predicted molar refractivity (Wildman–Crippen MR) is 138 cm³/mol. The van der Waals surface area contributed by atoms with Gasteiger partial charge in [-0.25, -0.2) is 15.0 Å². The molecule has 0 bridgehead atoms. The van der Waals surface area contributed by atoms with Crippen molar-refractivity contribution in [3.05, 3.63) is 12.7 Å². The van der Waals surface area contributed by atoms with Gasteiger partial charge in [0.25, 0.3) is 20.2 Å². The molecule has 2 aromatic heterocycles. The van der Waals surface area contributed by atoms with E-state index in [1.54, 1.807) is 0 Å². The predicted octanol–water partition coefficient (Wildman–Crippen LogP) is -3.37. The topological polar surface area (TPSA) is 294 Å². The highest BCUT2D eigenvalue weighted by Gasteiger charge is 2.46. The molecule has 0 radical (unpaired) electrons. The highest BCUT2D eigenvalue weighted by Crippen LogP contribution is 2.32. The zero-order valence-corrected chi connectivity index (χ0v) is 23.4. The smallest absolute Gasteiger partial charge is 0.284 e. The van der Waals surface area contributed by atoms with Crippen molar-refractivity contribution in [2.75, 3.05) is 23.5 Å². The maximum Gasteiger partial charge on any atom is 0.284 e. The van der Waals surface area contributed by atoms with E-state index in [1.165, 1.54) is 24.1 Å². The van der Waals surface area contributed by atoms with Crippen LogP contribution in [0.15, 0.2) is 12.7 Å². The number of imidazole rings is 1. The maximum atomic E-state index is 10.7. The summed E-state index contributed by atoms with van der Waals surface area (Å²) in [4.78, 5) is 22.8. The quantitative estimate of drug-likeness (QED) is 0.106. The fourth-order valence-electron chi connectivity index (χ4n) is 3.65. The van der Waals surface area contributed by atoms with Gasteiger partial charge in [-0.05, 0) is 17.3 Å². The number of aliphatic carboxylic acids is 1. The van der Waals surface area contributed by atoms with Gasteiger partial charge in [0.15, 0.2) is 17.7 Å². The number of carbonyl (C=O) groups excluding carboxylic acids is 1. The summed E-state index contributed by atoms with van der Waals surface area (Å²) < 4.78 is 63.6. The molecule has 39 heavy (non-hydrogen) atoms. The molecule has 1 fully saturated rings. The van der Waals surface area contributed by atoms with Gasteiger partial charge in [-0.2, -0.15) is 16.8 Å². The van der Waals surface area contributed by atoms with Crippen LogP contribution in [0.3, 0.4) is 0 Å². The average Bonchev–Trinajstić information content (AvgIpc) is 3.37. The Hall–Kier alpha value is -2.17. The molecule has 1 saturated heterocycles. The van der Waals surface area contributed by atoms with E-state index >= 15 is 0 Å². The number of hydrogen-bond donors (Lipinski definition) is 6. The van der Waals surface area contributed by atoms with Crippen LogP contribution >= 0.6 is 0 Å². The molecule has 1 aliphatic heterocycles. The monoisotopic (exact) mass is 616 g/mol. The van der Waals surface area contributed by atoms with Crippen LogP contribution < -0.4 is 16.6 Å². The van der Waals surface area contributed by atoms with Crippen LogP contribution in [0.25, 0.3) is 11.2 Å². The molecular formula is C19H32N6O11S3. The third-order valence-corrected chi connectivity index (χ3v) is 10.8. The second kappa shape index (κ2) is 13.5. The lowest BCUT2D eigenvalue weighted by molar-refractivity contribution is -0.307. The van der Waals surface area contributed by atoms with Gasteiger partial charge in [0, 0.05) is 12.5 Å². The molecule has 2 unspecified atom stereocenters. The fraction of sp³-hybridized carbons (Fsp3) is 0.684. The van der Waals surface area contributed by atoms with Gasteiger partial charge in [0.05, 0.1) is 18.6 Å². The van der Waals surface area contributed by atoms with Crippen LogP contribution in [0.1, 0.15) is 32.4 Å². The highest BCUT2D eigenvalue weighted by molar-refractivity contribution is 8.03. The molecule has 222 valence electrons. The molecule has 6 atom stereocenters. The van der Waals surface area contributed by atoms with Gasteiger partial charge in [-0.3, -0.25) is 13.7 Å². The summed E-state index contributed by atoms with van der Waals surface area (Å²) in [6.07, 6.45) is 1.07. The molecule has 8 N–H and O–H groups in total. The molecule has 3 heterocycles. The van der Waals surface area contributed by atoms with Crippen LogP contribution in [0.2, 0.25) is 0 Å². The zero-order valence-electron chi connectivity index (χ0n) is 21.0. The van der Waals surface area contributed by atoms with E-state index in [0.717, 1.165) is 0 Å². The van der Waals surface area contributed by atoms with Gasteiger partial charge >= 0.3 is 0 Å². The molecule has 0 aromatic carbocycles. The van der Waals surface area contributed by atoms with Crippen molar-refractivity contribution < 1.29 is 50.8 Å². The summed E-state index contributed by atoms with van der Waals surface area (Å²) in [5.41, 5.74) is 12.0. The number of nitrogen functional groups attached to an aromatic ring is 1. The first-order chi connectivity index (χ1) is 18.0. The SMILES string of the molecule is CCCC(S(=O)(=O)O)S(=O)(=O)O.C[S+](CCC(N)C(=O)[O-])C[C@H]1O[C@@H](n2cnc3c(N)ncnc32)[C@H](O)[C@@H]1O. The standard InChI is InChI=1S/C15H22N6O5S.C4H10O6S2/c1-27(3-2-7(16)15(24)25)4-8-10(22)11(23)14(26-8)21-6-20-9-12(17)18-5-19-13(9)21;1-2-3-4(11(5,6)7)12(8,9)10/h5-8,10-11,14,22-23H,2-4,16H2,1H3,(H2-,17,18,19,24,25);4H,2-3H2,1H3,(H,5,6,7)(H,8,9,10)/t7?,8-,10-,11-,14-,27?;/m1./s1. The van der Waals surface area contributed by atoms with Crippen LogP contribution in [0, 0.1) is 0 Å². The van der Waals surface area contributed by atoms with E-state index in [0.29, 0.717) is 22.7 Å². The number of carbonyl (C=O) groups is 1. The van der Waals surface area contributed by atoms with Crippen LogP contribution in [-0.4, -0.2) is 108 Å². The Balaban J connectivity index is 0.000000377. The lowest BCUT2D eigenvalue weighted by atomic mass is 10.1. The lowest BCUT2D eigenvalue weighted by Gasteiger charge is -2.16. The van der Waals surface area contributed by atoms with E-state index in [1.807, 2.05) is 6.26 Å². The number of fused-ring (bicyclic) bond motifs is 1. The van der Waals surface area contributed by atoms with Crippen molar-refractivity contribution in [2.45, 2.75) is 61.3 Å². The number of aromatic nitrogens is 4. The van der Waals surface area contributed by atoms with E-state index in [-0.39, 0.29) is 36.0 Å². The normalized spacial score (nSPS) is 23.4. The van der Waals surface area contributed by atoms with Gasteiger partial charge < -0.3 is 36.3 Å². The molecule has 20 heteroatoms. The molecule has 0 amide bonds. The van der Waals surface area contributed by atoms with Crippen LogP contribution in [0.4, 0.5) is 5.82 Å². The number of nitrogens with two attached hydrogens (primary N) is 2. The van der Waals surface area contributed by atoms with Crippen LogP contribution in [0.5, 0.6) is 0 Å². The Kier molecular flexibility index (Phi) is 11.4. The summed E-state index contributed by atoms with van der Waals surface area (Å²) >= 11 is 0. The van der Waals surface area contributed by atoms with Crippen molar-refractivity contribution in [1.82, 2.24) is 19.5 Å². The Bertz CT molecular complexity index is 1310. The van der Waals surface area contributed by atoms with E-state index in [2.05, 4.69) is 15.0 Å². The number of anilines is 1. The van der Waals surface area contributed by atoms with Crippen molar-refractivity contribution in [3.63, 3.8) is 0 Å². The lowest BCUT2D eigenvalue weighted by Crippen LogP contribution is -2.43. The van der Waals surface area contributed by atoms with Gasteiger partial charge in [-0.15, -0.1) is 0 Å². The Morgan fingerprint density at radius 2 is 1.77 bits per heavy atom. The molecular weight excluding hydrogens is 584 g/mol. The Labute approximate surface area is 227 Å². The molecule has 0 saturated carbocycles. The number of ether oxygens (including phenoxy) is 1. The van der Waals surface area contributed by atoms with Crippen molar-refractivity contribution in [3.8, 4) is 0 Å². The molecule has 2 aromatic rings. The van der Waals surface area contributed by atoms with Gasteiger partial charge in [-0.1, -0.05) is 13.3 Å². The summed E-state index contributed by atoms with van der Waals surface area (Å²) in [5, 5.41) is 31.5. The summed E-state index contributed by atoms with van der Waals surface area (Å²) in [6.45, 7) is 1.53. The van der Waals surface area contributed by atoms with Crippen LogP contribution in [-0.2, 0) is 40.7 Å². The van der Waals surface area contributed by atoms with Crippen molar-refractivity contribution in [1.29, 1.82) is 0 Å². The van der Waals surface area contributed by atoms with E-state index in [9.17, 15) is 36.9 Å². The van der Waals surface area contributed by atoms with Gasteiger partial charge in [0.2, 0.25) is 4.58 Å². The maximum absolute atomic E-state index is 10.7. The number of aliphatic hydroxyl groups excluding tert-OH is 2. The largest absolute Gasteiger partial charge is 0.548 e. The van der Waals surface area contributed by atoms with Crippen molar-refractivity contribution in [2.24, 2.45) is 5.73 Å². The third-order valence-electron chi connectivity index (χ3n) is 5.72. The number of carboxylic acid groups (broad SMARTS) is 1. The number of aliphatic hydroxyl groups is 2. The molecule has 0 aliphatic carbocycles. The Morgan fingerprint density at radius 3 is 2.28 bits per heavy atom. The van der Waals surface area contributed by atoms with E-state index < -0.39 is 61.4 Å². The first kappa shape index (κ1) is 33.0. The van der Waals surface area contributed by atoms with Crippen molar-refractivity contribution >= 4 is 54.1 Å². The molecule has 1 aliphatic rings. The number of rotatable bonds is 11. The summed E-state index contributed by atoms with van der Waals surface area (Å²) in [5.74, 6) is -0.0611. The molecule has 0 spiro atoms. The minimum Gasteiger partial charge on any atom is -0.548 e. The second-order valence-electron chi connectivity index (χ2n) is 8.74. The fourth-order valence-corrected chi connectivity index (χ4v) is 7.61. The second-order valence-corrected chi connectivity index (χ2v) is 14.5. The number of hydrogen-bond acceptors (Lipinski definition) is 14. The Morgan fingerprint density at radius 1 is 1.15 bits per heavy atom. The molecule has 17 nitrogen and oxygen atoms in total. The van der Waals surface area contributed by atoms with E-state index in [4.69, 9.17) is 25.3 Å². The average molecular weight is 617 g/mol. The first-order valence-corrected chi connectivity index (χ1v) is 16.4. The first-order valence-electron chi connectivity index (χ1n) is 11.4. The summed E-state index contributed by atoms with van der Waals surface area (Å²) in [7, 11) is -9.71. The third kappa shape index (κ3) is 8.66. The zero-order chi connectivity index (χ0) is 29.7. The molecule has 3 rings (SSSR count). The number of carboxylic acids is 1. The minimum atomic E-state index is -4.72. The minimum absolute atomic E-state index is 0.211. The van der Waals surface area contributed by atoms with Gasteiger partial charge in [0.1, 0.15) is 41.7 Å². The number of nitrogens with zero attached hydrogens (tertiary/aromatic N) is 4. The summed E-state index contributed by atoms with van der Waals surface area (Å²) in [6, 6.07) is -1.02. The highest BCUT2D eigenvalue weighted by atomic mass is 32.3.